The van der Waals surface area contributed by atoms with Gasteiger partial charge in [-0.3, -0.25) is 0 Å². The van der Waals surface area contributed by atoms with Crippen LogP contribution in [0.5, 0.6) is 0 Å². The molecule has 0 fully saturated rings. The van der Waals surface area contributed by atoms with Crippen molar-refractivity contribution in [3.8, 4) is 0 Å². The molecule has 0 aromatic rings. The molecule has 0 saturated heterocycles. The first-order valence-corrected chi connectivity index (χ1v) is 10.4. The van der Waals surface area contributed by atoms with Crippen molar-refractivity contribution in [1.29, 1.82) is 0 Å². The molecule has 1 aliphatic rings. The molecule has 124 valence electrons. The highest BCUT2D eigenvalue weighted by Crippen LogP contribution is 2.10. The van der Waals surface area contributed by atoms with E-state index in [-0.39, 0.29) is 5.75 Å². The van der Waals surface area contributed by atoms with Crippen molar-refractivity contribution in [3.05, 3.63) is 12.4 Å². The summed E-state index contributed by atoms with van der Waals surface area (Å²) in [5.41, 5.74) is 0. The lowest BCUT2D eigenvalue weighted by molar-refractivity contribution is 0.260. The quantitative estimate of drug-likeness (QED) is 0.547. The van der Waals surface area contributed by atoms with Crippen LogP contribution in [-0.2, 0) is 23.9 Å². The highest BCUT2D eigenvalue weighted by atomic mass is 32.3. The summed E-state index contributed by atoms with van der Waals surface area (Å²) in [7, 11) is -7.96. The molecule has 9 heteroatoms. The minimum atomic E-state index is -3.99. The lowest BCUT2D eigenvalue weighted by Crippen LogP contribution is -2.27. The summed E-state index contributed by atoms with van der Waals surface area (Å²) in [5, 5.41) is 0. The molecule has 0 radical (unpaired) electrons. The molecule has 0 aromatic carbocycles. The molecule has 21 heavy (non-hydrogen) atoms. The third kappa shape index (κ3) is 8.27. The highest BCUT2D eigenvalue weighted by Gasteiger charge is 2.18. The van der Waals surface area contributed by atoms with E-state index in [4.69, 9.17) is 0 Å². The van der Waals surface area contributed by atoms with Crippen LogP contribution in [0, 0.1) is 0 Å². The SMILES string of the molecule is CCCCN1C=CN(CCCCS(=O)(=O)OS(C)(=O)=O)C1. The molecular weight excluding hydrogens is 316 g/mol. The Morgan fingerprint density at radius 1 is 1.00 bits per heavy atom. The fourth-order valence-corrected chi connectivity index (χ4v) is 4.32. The lowest BCUT2D eigenvalue weighted by Gasteiger charge is -2.20. The van der Waals surface area contributed by atoms with Crippen LogP contribution in [0.25, 0.3) is 0 Å². The molecule has 0 saturated carbocycles. The fourth-order valence-electron chi connectivity index (χ4n) is 1.98. The van der Waals surface area contributed by atoms with E-state index in [0.717, 1.165) is 38.9 Å². The number of hydrogen-bond donors (Lipinski definition) is 0. The van der Waals surface area contributed by atoms with Gasteiger partial charge < -0.3 is 9.80 Å². The number of hydrogen-bond acceptors (Lipinski definition) is 7. The predicted molar refractivity (Wildman–Crippen MR) is 81.3 cm³/mol. The minimum absolute atomic E-state index is 0.281. The summed E-state index contributed by atoms with van der Waals surface area (Å²) in [5.74, 6) is -0.281. The smallest absolute Gasteiger partial charge is 0.281 e. The standard InChI is InChI=1S/C12H24N2O5S2/c1-3-4-7-13-9-10-14(12-13)8-5-6-11-21(17,18)19-20(2,15)16/h9-10H,3-8,11-12H2,1-2H3. The van der Waals surface area contributed by atoms with Gasteiger partial charge in [0.2, 0.25) is 0 Å². The summed E-state index contributed by atoms with van der Waals surface area (Å²) in [6.45, 7) is 4.75. The molecular formula is C12H24N2O5S2. The Morgan fingerprint density at radius 3 is 2.10 bits per heavy atom. The van der Waals surface area contributed by atoms with E-state index in [2.05, 4.69) is 20.4 Å². The van der Waals surface area contributed by atoms with Gasteiger partial charge in [0.05, 0.1) is 18.7 Å². The van der Waals surface area contributed by atoms with Gasteiger partial charge in [-0.15, -0.1) is 3.63 Å². The number of unbranched alkanes of at least 4 members (excludes halogenated alkanes) is 2. The molecule has 0 N–H and O–H groups in total. The van der Waals surface area contributed by atoms with Crippen molar-refractivity contribution in [1.82, 2.24) is 9.80 Å². The summed E-state index contributed by atoms with van der Waals surface area (Å²) >= 11 is 0. The van der Waals surface area contributed by atoms with E-state index < -0.39 is 20.2 Å². The molecule has 0 atom stereocenters. The fraction of sp³-hybridized carbons (Fsp3) is 0.833. The normalized spacial score (nSPS) is 15.9. The lowest BCUT2D eigenvalue weighted by atomic mass is 10.3. The van der Waals surface area contributed by atoms with Crippen LogP contribution in [0.4, 0.5) is 0 Å². The van der Waals surface area contributed by atoms with Crippen LogP contribution >= 0.6 is 0 Å². The van der Waals surface area contributed by atoms with Crippen molar-refractivity contribution < 1.29 is 20.5 Å². The van der Waals surface area contributed by atoms with E-state index in [1.54, 1.807) is 0 Å². The van der Waals surface area contributed by atoms with Crippen LogP contribution in [0.2, 0.25) is 0 Å². The van der Waals surface area contributed by atoms with Crippen molar-refractivity contribution in [3.63, 3.8) is 0 Å². The Hall–Kier alpha value is -0.800. The zero-order valence-electron chi connectivity index (χ0n) is 12.6. The molecule has 1 rings (SSSR count). The topological polar surface area (TPSA) is 84.0 Å². The zero-order valence-corrected chi connectivity index (χ0v) is 14.2. The van der Waals surface area contributed by atoms with E-state index in [1.807, 2.05) is 12.4 Å². The van der Waals surface area contributed by atoms with Crippen molar-refractivity contribution in [2.24, 2.45) is 0 Å². The van der Waals surface area contributed by atoms with Gasteiger partial charge in [0.1, 0.15) is 0 Å². The summed E-state index contributed by atoms with van der Waals surface area (Å²) in [4.78, 5) is 4.33. The molecule has 0 aliphatic carbocycles. The maximum absolute atomic E-state index is 11.4. The third-order valence-electron chi connectivity index (χ3n) is 2.97. The van der Waals surface area contributed by atoms with Gasteiger partial charge in [0, 0.05) is 25.5 Å². The van der Waals surface area contributed by atoms with Gasteiger partial charge in [-0.2, -0.15) is 16.8 Å². The second-order valence-corrected chi connectivity index (χ2v) is 8.64. The van der Waals surface area contributed by atoms with Crippen LogP contribution in [0.3, 0.4) is 0 Å². The van der Waals surface area contributed by atoms with Gasteiger partial charge in [0.15, 0.2) is 0 Å². The molecule has 0 aromatic heterocycles. The van der Waals surface area contributed by atoms with E-state index in [1.165, 1.54) is 0 Å². The average molecular weight is 340 g/mol. The van der Waals surface area contributed by atoms with E-state index >= 15 is 0 Å². The molecule has 0 bridgehead atoms. The monoisotopic (exact) mass is 340 g/mol. The average Bonchev–Trinajstić information content (AvgIpc) is 2.77. The molecule has 0 spiro atoms. The van der Waals surface area contributed by atoms with Crippen LogP contribution in [0.1, 0.15) is 32.6 Å². The molecule has 0 unspecified atom stereocenters. The Balaban J connectivity index is 2.20. The van der Waals surface area contributed by atoms with Crippen LogP contribution in [-0.4, -0.2) is 58.4 Å². The Bertz CT molecular complexity index is 542. The Kier molecular flexibility index (Phi) is 6.95. The maximum Gasteiger partial charge on any atom is 0.281 e. The number of nitrogens with zero attached hydrogens (tertiary/aromatic N) is 2. The van der Waals surface area contributed by atoms with Gasteiger partial charge >= 0.3 is 0 Å². The van der Waals surface area contributed by atoms with E-state index in [9.17, 15) is 16.8 Å². The molecule has 1 heterocycles. The van der Waals surface area contributed by atoms with Crippen LogP contribution < -0.4 is 0 Å². The second-order valence-electron chi connectivity index (χ2n) is 5.16. The molecule has 7 nitrogen and oxygen atoms in total. The van der Waals surface area contributed by atoms with E-state index in [0.29, 0.717) is 12.8 Å². The van der Waals surface area contributed by atoms with Crippen molar-refractivity contribution in [2.75, 3.05) is 31.8 Å². The first kappa shape index (κ1) is 18.2. The van der Waals surface area contributed by atoms with Crippen molar-refractivity contribution in [2.45, 2.75) is 32.6 Å². The summed E-state index contributed by atoms with van der Waals surface area (Å²) < 4.78 is 48.4. The van der Waals surface area contributed by atoms with Gasteiger partial charge in [-0.25, -0.2) is 0 Å². The second kappa shape index (κ2) is 8.00. The van der Waals surface area contributed by atoms with Gasteiger partial charge in [-0.05, 0) is 19.3 Å². The van der Waals surface area contributed by atoms with Gasteiger partial charge in [0.25, 0.3) is 20.2 Å². The van der Waals surface area contributed by atoms with Gasteiger partial charge in [-0.1, -0.05) is 13.3 Å². The molecule has 1 aliphatic heterocycles. The highest BCUT2D eigenvalue weighted by molar-refractivity contribution is 7.99. The number of rotatable bonds is 10. The maximum atomic E-state index is 11.4. The summed E-state index contributed by atoms with van der Waals surface area (Å²) in [6.07, 6.45) is 8.11. The van der Waals surface area contributed by atoms with Crippen LogP contribution in [0.15, 0.2) is 12.4 Å². The molecule has 0 amide bonds. The summed E-state index contributed by atoms with van der Waals surface area (Å²) in [6, 6.07) is 0. The first-order chi connectivity index (χ1) is 9.72. The zero-order chi connectivity index (χ0) is 15.9. The first-order valence-electron chi connectivity index (χ1n) is 7.02. The predicted octanol–water partition coefficient (Wildman–Crippen LogP) is 0.919. The minimum Gasteiger partial charge on any atom is -0.359 e. The largest absolute Gasteiger partial charge is 0.359 e. The third-order valence-corrected chi connectivity index (χ3v) is 5.57. The van der Waals surface area contributed by atoms with Crippen molar-refractivity contribution >= 4 is 20.2 Å². The Labute approximate surface area is 127 Å². The Morgan fingerprint density at radius 2 is 1.57 bits per heavy atom.